The van der Waals surface area contributed by atoms with Crippen LogP contribution in [0.1, 0.15) is 24.6 Å². The van der Waals surface area contributed by atoms with E-state index in [-0.39, 0.29) is 0 Å². The van der Waals surface area contributed by atoms with Gasteiger partial charge in [0.1, 0.15) is 0 Å². The summed E-state index contributed by atoms with van der Waals surface area (Å²) in [5.74, 6) is 1.35. The van der Waals surface area contributed by atoms with Crippen molar-refractivity contribution in [2.24, 2.45) is 0 Å². The van der Waals surface area contributed by atoms with Crippen molar-refractivity contribution in [2.75, 3.05) is 18.0 Å². The molecule has 1 aliphatic heterocycles. The summed E-state index contributed by atoms with van der Waals surface area (Å²) in [6.07, 6.45) is 5.93. The molecule has 6 heteroatoms. The van der Waals surface area contributed by atoms with Gasteiger partial charge in [-0.2, -0.15) is 4.98 Å². The number of piperidine rings is 1. The first-order valence-corrected chi connectivity index (χ1v) is 6.99. The standard InChI is InChI=1S/C14H19N5O/c1-11-17-14(20-18-11)10-16-12-4-8-19(9-5-12)13-2-6-15-7-3-13/h2-3,6-7,12,16H,4-5,8-10H2,1H3. The molecule has 2 aromatic rings. The molecule has 3 rings (SSSR count). The number of aromatic nitrogens is 3. The van der Waals surface area contributed by atoms with Gasteiger partial charge in [0.2, 0.25) is 5.89 Å². The highest BCUT2D eigenvalue weighted by Gasteiger charge is 2.19. The first-order chi connectivity index (χ1) is 9.81. The van der Waals surface area contributed by atoms with Crippen LogP contribution in [0.4, 0.5) is 5.69 Å². The van der Waals surface area contributed by atoms with Gasteiger partial charge < -0.3 is 14.7 Å². The van der Waals surface area contributed by atoms with Crippen LogP contribution in [-0.2, 0) is 6.54 Å². The fourth-order valence-electron chi connectivity index (χ4n) is 2.54. The van der Waals surface area contributed by atoms with Gasteiger partial charge >= 0.3 is 0 Å². The van der Waals surface area contributed by atoms with Crippen molar-refractivity contribution in [1.29, 1.82) is 0 Å². The van der Waals surface area contributed by atoms with Gasteiger partial charge in [0.05, 0.1) is 6.54 Å². The maximum atomic E-state index is 5.10. The molecule has 0 radical (unpaired) electrons. The van der Waals surface area contributed by atoms with E-state index in [1.807, 2.05) is 19.3 Å². The number of nitrogens with one attached hydrogen (secondary N) is 1. The van der Waals surface area contributed by atoms with Gasteiger partial charge in [-0.15, -0.1) is 0 Å². The Bertz CT molecular complexity index is 534. The Balaban J connectivity index is 1.47. The molecule has 1 aliphatic rings. The highest BCUT2D eigenvalue weighted by Crippen LogP contribution is 2.19. The largest absolute Gasteiger partial charge is 0.371 e. The minimum atomic E-state index is 0.514. The molecule has 1 saturated heterocycles. The lowest BCUT2D eigenvalue weighted by molar-refractivity contribution is 0.339. The van der Waals surface area contributed by atoms with E-state index < -0.39 is 0 Å². The summed E-state index contributed by atoms with van der Waals surface area (Å²) in [5.41, 5.74) is 1.26. The average Bonchev–Trinajstić information content (AvgIpc) is 2.92. The topological polar surface area (TPSA) is 67.1 Å². The number of hydrogen-bond acceptors (Lipinski definition) is 6. The molecule has 0 unspecified atom stereocenters. The quantitative estimate of drug-likeness (QED) is 0.911. The molecule has 2 aromatic heterocycles. The highest BCUT2D eigenvalue weighted by molar-refractivity contribution is 5.44. The number of rotatable bonds is 4. The molecule has 20 heavy (non-hydrogen) atoms. The lowest BCUT2D eigenvalue weighted by Gasteiger charge is -2.33. The molecular weight excluding hydrogens is 254 g/mol. The molecule has 106 valence electrons. The Morgan fingerprint density at radius 3 is 2.70 bits per heavy atom. The van der Waals surface area contributed by atoms with Gasteiger partial charge in [-0.25, -0.2) is 0 Å². The van der Waals surface area contributed by atoms with Crippen LogP contribution in [0.15, 0.2) is 29.0 Å². The molecular formula is C14H19N5O. The van der Waals surface area contributed by atoms with Gasteiger partial charge in [-0.05, 0) is 31.9 Å². The molecule has 1 fully saturated rings. The Labute approximate surface area is 118 Å². The van der Waals surface area contributed by atoms with Crippen LogP contribution in [0.2, 0.25) is 0 Å². The fourth-order valence-corrected chi connectivity index (χ4v) is 2.54. The number of aryl methyl sites for hydroxylation is 1. The van der Waals surface area contributed by atoms with E-state index in [0.29, 0.717) is 24.3 Å². The SMILES string of the molecule is Cc1noc(CNC2CCN(c3ccncc3)CC2)n1. The zero-order chi connectivity index (χ0) is 13.8. The van der Waals surface area contributed by atoms with Gasteiger partial charge in [-0.3, -0.25) is 4.98 Å². The fraction of sp³-hybridized carbons (Fsp3) is 0.500. The van der Waals surface area contributed by atoms with Crippen LogP contribution in [0.3, 0.4) is 0 Å². The minimum absolute atomic E-state index is 0.514. The average molecular weight is 273 g/mol. The number of pyridine rings is 1. The van der Waals surface area contributed by atoms with Crippen LogP contribution >= 0.6 is 0 Å². The second-order valence-corrected chi connectivity index (χ2v) is 5.08. The van der Waals surface area contributed by atoms with Crippen LogP contribution in [0, 0.1) is 6.92 Å². The predicted molar refractivity (Wildman–Crippen MR) is 75.3 cm³/mol. The molecule has 0 spiro atoms. The van der Waals surface area contributed by atoms with E-state index in [9.17, 15) is 0 Å². The van der Waals surface area contributed by atoms with Crippen molar-refractivity contribution in [1.82, 2.24) is 20.4 Å². The molecule has 1 N–H and O–H groups in total. The Hall–Kier alpha value is -1.95. The van der Waals surface area contributed by atoms with Gasteiger partial charge in [0.25, 0.3) is 0 Å². The van der Waals surface area contributed by atoms with E-state index in [1.165, 1.54) is 5.69 Å². The zero-order valence-electron chi connectivity index (χ0n) is 11.6. The lowest BCUT2D eigenvalue weighted by Crippen LogP contribution is -2.42. The van der Waals surface area contributed by atoms with Gasteiger partial charge in [-0.1, -0.05) is 5.16 Å². The molecule has 3 heterocycles. The number of nitrogens with zero attached hydrogens (tertiary/aromatic N) is 4. The maximum Gasteiger partial charge on any atom is 0.240 e. The van der Waals surface area contributed by atoms with E-state index >= 15 is 0 Å². The highest BCUT2D eigenvalue weighted by atomic mass is 16.5. The van der Waals surface area contributed by atoms with E-state index in [4.69, 9.17) is 4.52 Å². The summed E-state index contributed by atoms with van der Waals surface area (Å²) in [4.78, 5) is 10.7. The molecule has 0 bridgehead atoms. The van der Waals surface area contributed by atoms with Crippen LogP contribution in [0.25, 0.3) is 0 Å². The second-order valence-electron chi connectivity index (χ2n) is 5.08. The Morgan fingerprint density at radius 1 is 1.30 bits per heavy atom. The van der Waals surface area contributed by atoms with Crippen molar-refractivity contribution in [3.63, 3.8) is 0 Å². The third-order valence-corrected chi connectivity index (χ3v) is 3.63. The summed E-state index contributed by atoms with van der Waals surface area (Å²) in [5, 5.41) is 7.28. The van der Waals surface area contributed by atoms with Crippen molar-refractivity contribution in [3.05, 3.63) is 36.2 Å². The number of hydrogen-bond donors (Lipinski definition) is 1. The summed E-state index contributed by atoms with van der Waals surface area (Å²) in [6, 6.07) is 4.64. The normalized spacial score (nSPS) is 16.6. The van der Waals surface area contributed by atoms with E-state index in [2.05, 4.69) is 37.5 Å². The Kier molecular flexibility index (Phi) is 3.92. The minimum Gasteiger partial charge on any atom is -0.371 e. The number of anilines is 1. The van der Waals surface area contributed by atoms with Crippen LogP contribution in [-0.4, -0.2) is 34.3 Å². The van der Waals surface area contributed by atoms with Gasteiger partial charge in [0.15, 0.2) is 5.82 Å². The van der Waals surface area contributed by atoms with Crippen LogP contribution in [0.5, 0.6) is 0 Å². The summed E-state index contributed by atoms with van der Waals surface area (Å²) in [7, 11) is 0. The molecule has 0 amide bonds. The van der Waals surface area contributed by atoms with Gasteiger partial charge in [0, 0.05) is 37.2 Å². The Morgan fingerprint density at radius 2 is 2.05 bits per heavy atom. The van der Waals surface area contributed by atoms with E-state index in [0.717, 1.165) is 25.9 Å². The molecule has 6 nitrogen and oxygen atoms in total. The molecule has 0 aromatic carbocycles. The van der Waals surface area contributed by atoms with Crippen molar-refractivity contribution >= 4 is 5.69 Å². The molecule has 0 aliphatic carbocycles. The van der Waals surface area contributed by atoms with Crippen molar-refractivity contribution in [2.45, 2.75) is 32.4 Å². The third-order valence-electron chi connectivity index (χ3n) is 3.63. The molecule has 0 saturated carbocycles. The van der Waals surface area contributed by atoms with Crippen molar-refractivity contribution in [3.8, 4) is 0 Å². The first kappa shape index (κ1) is 13.1. The van der Waals surface area contributed by atoms with Crippen molar-refractivity contribution < 1.29 is 4.52 Å². The second kappa shape index (κ2) is 6.00. The molecule has 0 atom stereocenters. The monoisotopic (exact) mass is 273 g/mol. The summed E-state index contributed by atoms with van der Waals surface area (Å²) in [6.45, 7) is 4.61. The van der Waals surface area contributed by atoms with E-state index in [1.54, 1.807) is 0 Å². The predicted octanol–water partition coefficient (Wildman–Crippen LogP) is 1.53. The smallest absolute Gasteiger partial charge is 0.240 e. The summed E-state index contributed by atoms with van der Waals surface area (Å²) < 4.78 is 5.10. The summed E-state index contributed by atoms with van der Waals surface area (Å²) >= 11 is 0. The first-order valence-electron chi connectivity index (χ1n) is 6.99. The van der Waals surface area contributed by atoms with Crippen LogP contribution < -0.4 is 10.2 Å². The third kappa shape index (κ3) is 3.14. The zero-order valence-corrected chi connectivity index (χ0v) is 11.6. The maximum absolute atomic E-state index is 5.10. The lowest BCUT2D eigenvalue weighted by atomic mass is 10.0.